The Balaban J connectivity index is 1.87. The molecule has 18 atom stereocenters. The lowest BCUT2D eigenvalue weighted by molar-refractivity contribution is -0.279. The number of hydrogen-bond acceptors (Lipinski definition) is 38. The zero-order chi connectivity index (χ0) is 94.8. The Morgan fingerprint density at radius 3 is 1.03 bits per heavy atom. The van der Waals surface area contributed by atoms with Crippen LogP contribution in [-0.4, -0.2) is 310 Å². The van der Waals surface area contributed by atoms with Crippen LogP contribution >= 0.6 is 8.38 Å². The summed E-state index contributed by atoms with van der Waals surface area (Å²) in [7, 11) is -1.37. The summed E-state index contributed by atoms with van der Waals surface area (Å²) in [4.78, 5) is 205. The number of nitrogens with one attached hydrogen (secondary N) is 5. The van der Waals surface area contributed by atoms with Crippen LogP contribution in [0.3, 0.4) is 0 Å². The molecule has 127 heavy (non-hydrogen) atoms. The van der Waals surface area contributed by atoms with Gasteiger partial charge in [-0.15, -0.1) is 12.3 Å². The molecule has 43 heteroatoms. The normalized spacial score (nSPS) is 22.7. The Hall–Kier alpha value is -8.83. The predicted molar refractivity (Wildman–Crippen MR) is 443 cm³/mol. The molecule has 0 saturated carbocycles. The largest absolute Gasteiger partial charge is 0.463 e. The van der Waals surface area contributed by atoms with E-state index in [1.54, 1.807) is 6.92 Å². The highest BCUT2D eigenvalue weighted by Crippen LogP contribution is 2.50. The topological polar surface area (TPSA) is 527 Å². The fraction of sp³-hybridized carbons (Fsp3) is 0.762. The third-order valence-corrected chi connectivity index (χ3v) is 21.3. The van der Waals surface area contributed by atoms with Crippen molar-refractivity contribution in [2.24, 2.45) is 11.8 Å². The zero-order valence-corrected chi connectivity index (χ0v) is 76.6. The Kier molecular flexibility index (Phi) is 54.5. The van der Waals surface area contributed by atoms with Crippen molar-refractivity contribution in [1.29, 1.82) is 0 Å². The second-order valence-electron chi connectivity index (χ2n) is 30.7. The molecular formula is C84H132N5O37P. The van der Waals surface area contributed by atoms with E-state index >= 15 is 0 Å². The maximum Gasteiger partial charge on any atom is 0.303 e. The third kappa shape index (κ3) is 45.8. The molecule has 0 radical (unpaired) electrons. The number of esters is 9. The van der Waals surface area contributed by atoms with Crippen LogP contribution in [-0.2, 0) is 176 Å². The Morgan fingerprint density at radius 2 is 0.693 bits per heavy atom. The summed E-state index contributed by atoms with van der Waals surface area (Å²) < 4.78 is 120. The number of terminal acetylenes is 1. The zero-order valence-electron chi connectivity index (χ0n) is 75.7. The number of ether oxygens (including phenoxy) is 19. The molecule has 0 aromatic carbocycles. The van der Waals surface area contributed by atoms with Gasteiger partial charge in [0, 0.05) is 152 Å². The van der Waals surface area contributed by atoms with Crippen LogP contribution in [0.2, 0.25) is 0 Å². The third-order valence-electron chi connectivity index (χ3n) is 18.8. The Bertz CT molecular complexity index is 3570. The van der Waals surface area contributed by atoms with Crippen molar-refractivity contribution < 1.29 is 176 Å². The Morgan fingerprint density at radius 1 is 0.370 bits per heavy atom. The molecule has 3 aliphatic heterocycles. The first-order valence-corrected chi connectivity index (χ1v) is 43.5. The number of hydrogen-bond donors (Lipinski definition) is 5. The molecule has 18 unspecified atom stereocenters. The first-order valence-electron chi connectivity index (χ1n) is 42.3. The highest BCUT2D eigenvalue weighted by atomic mass is 31.2. The molecule has 720 valence electrons. The minimum Gasteiger partial charge on any atom is -0.463 e. The van der Waals surface area contributed by atoms with E-state index in [1.807, 2.05) is 0 Å². The number of amides is 4. The van der Waals surface area contributed by atoms with Crippen molar-refractivity contribution in [3.63, 3.8) is 0 Å². The van der Waals surface area contributed by atoms with Crippen molar-refractivity contribution in [3.05, 3.63) is 12.3 Å². The van der Waals surface area contributed by atoms with Crippen LogP contribution < -0.4 is 26.6 Å². The standard InChI is InChI=1S/C84H132N5O37P/c1-19-20-35-116-127(81(48(2)3)49(4)5)117-44-40-109-36-31-71(105)89-64(66(103)26-23-34-108-39-43-112-84-74(87-52(9)91)80(123-61(18)100)77(120-58(15)97)69(126-84)47-115-55(12)94)29-30-70(104)88-63(65(102)25-22-33-107-38-41-110-82-72(85-50(6)7)78(121-59(16)98)75(118-56(13)95)67(124-82)45-113-53(10)92)28-27-62(101)24-21-32-106-37-42-111-83-73(86-51(8)90)79(122-60(17)99)76(119-57(14)96)68(125-83)46-114-54(11)93/h1,48-49,63-64,67-69,72-85H,6,20-47H2,2-5,7-18H3,(H,86,90)(H,87,91)(H,88,104)(H,89,105). The second kappa shape index (κ2) is 61.6. The van der Waals surface area contributed by atoms with Crippen LogP contribution in [0.5, 0.6) is 0 Å². The monoisotopic (exact) mass is 1830 g/mol. The molecule has 0 aromatic rings. The van der Waals surface area contributed by atoms with Crippen LogP contribution in [0.4, 0.5) is 0 Å². The fourth-order valence-electron chi connectivity index (χ4n) is 13.7. The molecular weight excluding hydrogens is 1700 g/mol. The van der Waals surface area contributed by atoms with Gasteiger partial charge < -0.3 is 126 Å². The van der Waals surface area contributed by atoms with E-state index in [1.165, 1.54) is 13.8 Å². The molecule has 5 N–H and O–H groups in total. The molecule has 42 nitrogen and oxygen atoms in total. The van der Waals surface area contributed by atoms with E-state index in [4.69, 9.17) is 105 Å². The Labute approximate surface area is 742 Å². The number of allylic oxidation sites excluding steroid dienone is 1. The average Bonchev–Trinajstić information content (AvgIpc) is 0.795. The summed E-state index contributed by atoms with van der Waals surface area (Å²) in [5.74, 6) is -7.62. The van der Waals surface area contributed by atoms with E-state index in [9.17, 15) is 76.7 Å². The van der Waals surface area contributed by atoms with Crippen molar-refractivity contribution in [3.8, 4) is 12.3 Å². The fourth-order valence-corrected chi connectivity index (χ4v) is 15.6. The van der Waals surface area contributed by atoms with Gasteiger partial charge in [-0.3, -0.25) is 76.7 Å². The van der Waals surface area contributed by atoms with Gasteiger partial charge in [-0.05, 0) is 50.9 Å². The molecule has 0 aromatic heterocycles. The minimum atomic E-state index is -1.39. The van der Waals surface area contributed by atoms with Crippen molar-refractivity contribution in [1.82, 2.24) is 26.6 Å². The molecule has 3 heterocycles. The van der Waals surface area contributed by atoms with Gasteiger partial charge in [0.15, 0.2) is 75.4 Å². The first kappa shape index (κ1) is 112. The van der Waals surface area contributed by atoms with Gasteiger partial charge in [0.05, 0.1) is 78.2 Å². The maximum atomic E-state index is 14.3. The van der Waals surface area contributed by atoms with E-state index in [0.29, 0.717) is 18.7 Å². The molecule has 3 rings (SSSR count). The molecule has 3 aliphatic rings. The quantitative estimate of drug-likeness (QED) is 0.0192. The molecule has 0 bridgehead atoms. The van der Waals surface area contributed by atoms with E-state index in [-0.39, 0.29) is 167 Å². The smallest absolute Gasteiger partial charge is 0.303 e. The molecule has 3 saturated heterocycles. The lowest BCUT2D eigenvalue weighted by atomic mass is 9.96. The van der Waals surface area contributed by atoms with Crippen molar-refractivity contribution in [2.45, 2.75) is 298 Å². The van der Waals surface area contributed by atoms with Gasteiger partial charge in [0.1, 0.15) is 62.0 Å². The lowest BCUT2D eigenvalue weighted by Gasteiger charge is -2.45. The maximum absolute atomic E-state index is 14.3. The number of ketones is 3. The highest BCUT2D eigenvalue weighted by molar-refractivity contribution is 7.48. The summed E-state index contributed by atoms with van der Waals surface area (Å²) in [5.41, 5.74) is 0.472. The number of Topliss-reactive ketones (excluding diaryl/α,β-unsaturated/α-hetero) is 3. The highest BCUT2D eigenvalue weighted by Gasteiger charge is 2.54. The average molecular weight is 1830 g/mol. The lowest BCUT2D eigenvalue weighted by Crippen LogP contribution is -2.66. The van der Waals surface area contributed by atoms with Gasteiger partial charge >= 0.3 is 53.7 Å². The van der Waals surface area contributed by atoms with Gasteiger partial charge in [-0.2, -0.15) is 0 Å². The summed E-state index contributed by atoms with van der Waals surface area (Å²) in [6.45, 7) is 24.3. The van der Waals surface area contributed by atoms with Crippen LogP contribution in [0, 0.1) is 24.2 Å². The number of carbonyl (C=O) groups excluding carboxylic acids is 16. The minimum absolute atomic E-state index is 0.00978. The van der Waals surface area contributed by atoms with Crippen molar-refractivity contribution >= 4 is 103 Å². The van der Waals surface area contributed by atoms with Crippen molar-refractivity contribution in [2.75, 3.05) is 106 Å². The summed E-state index contributed by atoms with van der Waals surface area (Å²) in [5, 5.41) is 13.7. The van der Waals surface area contributed by atoms with E-state index in [2.05, 4.69) is 66.8 Å². The van der Waals surface area contributed by atoms with Gasteiger partial charge in [0.25, 0.3) is 0 Å². The molecule has 3 fully saturated rings. The van der Waals surface area contributed by atoms with Crippen LogP contribution in [0.25, 0.3) is 0 Å². The van der Waals surface area contributed by atoms with Gasteiger partial charge in [-0.1, -0.05) is 34.3 Å². The summed E-state index contributed by atoms with van der Waals surface area (Å²) in [6, 6.07) is -6.06. The molecule has 0 spiro atoms. The molecule has 4 amide bonds. The van der Waals surface area contributed by atoms with E-state index in [0.717, 1.165) is 62.3 Å². The summed E-state index contributed by atoms with van der Waals surface area (Å²) in [6.07, 6.45) is -11.2. The van der Waals surface area contributed by atoms with Crippen LogP contribution in [0.15, 0.2) is 12.3 Å². The van der Waals surface area contributed by atoms with E-state index < -0.39 is 228 Å². The molecule has 0 aliphatic carbocycles. The van der Waals surface area contributed by atoms with Crippen LogP contribution in [0.1, 0.15) is 188 Å². The number of carbonyl (C=O) groups is 16. The SMILES string of the molecule is C#CCCOP(OCCOCCC(=O)NC(CCC(=O)NC(CCC(=O)CCCOCCOC1OC(COC(C)=O)C(OC(C)=O)C(OC(C)=O)C1NC(C)=O)C(=O)CCCOCCOC1OC(COC(C)=O)C(OC(C)=O)C(OC(C)=O)C1NC(=C)C)C(=O)CCCOCCOC1OC(COC(C)=O)C(OC(C)=O)C(OC(C)=O)C1NC(C)=O)C(C(C)C)C(C)C. The first-order chi connectivity index (χ1) is 60.1. The van der Waals surface area contributed by atoms with Gasteiger partial charge in [-0.25, -0.2) is 0 Å². The van der Waals surface area contributed by atoms with Gasteiger partial charge in [0.2, 0.25) is 23.6 Å². The summed E-state index contributed by atoms with van der Waals surface area (Å²) >= 11 is 0. The number of rotatable bonds is 63. The second-order valence-corrected chi connectivity index (χ2v) is 32.4. The predicted octanol–water partition coefficient (Wildman–Crippen LogP) is 3.07.